The standard InChI is InChI=1S/C22H24ClNO3/c1-15-18(5-4-6-19(15)23)20-10-8-17(27-20)14-24-12-11-16-7-9-21(25-2)22(13-16)26-3/h4-10,13,24H,11-12,14H2,1-3H3. The van der Waals surface area contributed by atoms with E-state index >= 15 is 0 Å². The van der Waals surface area contributed by atoms with Crippen LogP contribution >= 0.6 is 11.6 Å². The normalized spacial score (nSPS) is 10.8. The van der Waals surface area contributed by atoms with Crippen molar-refractivity contribution in [1.82, 2.24) is 5.32 Å². The van der Waals surface area contributed by atoms with Crippen LogP contribution in [-0.4, -0.2) is 20.8 Å². The summed E-state index contributed by atoms with van der Waals surface area (Å²) in [7, 11) is 3.29. The number of methoxy groups -OCH3 is 2. The van der Waals surface area contributed by atoms with Crippen molar-refractivity contribution < 1.29 is 13.9 Å². The Morgan fingerprint density at radius 1 is 1.00 bits per heavy atom. The largest absolute Gasteiger partial charge is 0.493 e. The summed E-state index contributed by atoms with van der Waals surface area (Å²) in [5.74, 6) is 3.24. The van der Waals surface area contributed by atoms with E-state index in [0.717, 1.165) is 52.1 Å². The third kappa shape index (κ3) is 4.65. The molecule has 0 amide bonds. The Kier molecular flexibility index (Phi) is 6.43. The Morgan fingerprint density at radius 2 is 1.81 bits per heavy atom. The number of hydrogen-bond acceptors (Lipinski definition) is 4. The van der Waals surface area contributed by atoms with Gasteiger partial charge in [0.05, 0.1) is 20.8 Å². The molecule has 27 heavy (non-hydrogen) atoms. The molecule has 0 fully saturated rings. The molecule has 1 aromatic heterocycles. The Hall–Kier alpha value is -2.43. The van der Waals surface area contributed by atoms with Crippen molar-refractivity contribution in [2.24, 2.45) is 0 Å². The summed E-state index contributed by atoms with van der Waals surface area (Å²) in [5, 5.41) is 4.16. The lowest BCUT2D eigenvalue weighted by atomic mass is 10.1. The van der Waals surface area contributed by atoms with Crippen LogP contribution in [0, 0.1) is 6.92 Å². The highest BCUT2D eigenvalue weighted by molar-refractivity contribution is 6.31. The third-order valence-corrected chi connectivity index (χ3v) is 4.94. The molecular formula is C22H24ClNO3. The SMILES string of the molecule is COc1ccc(CCNCc2ccc(-c3cccc(Cl)c3C)o2)cc1OC. The van der Waals surface area contributed by atoms with Crippen molar-refractivity contribution in [3.63, 3.8) is 0 Å². The topological polar surface area (TPSA) is 43.6 Å². The van der Waals surface area contributed by atoms with Gasteiger partial charge in [-0.25, -0.2) is 0 Å². The van der Waals surface area contributed by atoms with Crippen LogP contribution in [0.15, 0.2) is 52.9 Å². The molecule has 0 atom stereocenters. The Labute approximate surface area is 165 Å². The van der Waals surface area contributed by atoms with E-state index in [-0.39, 0.29) is 0 Å². The molecule has 0 saturated carbocycles. The molecule has 0 unspecified atom stereocenters. The second kappa shape index (κ2) is 8.98. The molecule has 0 saturated heterocycles. The van der Waals surface area contributed by atoms with E-state index in [4.69, 9.17) is 25.5 Å². The summed E-state index contributed by atoms with van der Waals surface area (Å²) in [5.41, 5.74) is 3.25. The summed E-state index contributed by atoms with van der Waals surface area (Å²) >= 11 is 6.20. The van der Waals surface area contributed by atoms with Crippen molar-refractivity contribution in [3.05, 3.63) is 70.4 Å². The number of hydrogen-bond donors (Lipinski definition) is 1. The van der Waals surface area contributed by atoms with Crippen molar-refractivity contribution in [3.8, 4) is 22.8 Å². The van der Waals surface area contributed by atoms with Gasteiger partial charge in [0, 0.05) is 10.6 Å². The summed E-state index contributed by atoms with van der Waals surface area (Å²) in [6.45, 7) is 3.51. The van der Waals surface area contributed by atoms with Crippen LogP contribution in [0.2, 0.25) is 5.02 Å². The highest BCUT2D eigenvalue weighted by Crippen LogP contribution is 2.30. The lowest BCUT2D eigenvalue weighted by molar-refractivity contribution is 0.354. The predicted octanol–water partition coefficient (Wildman–Crippen LogP) is 5.26. The smallest absolute Gasteiger partial charge is 0.160 e. The van der Waals surface area contributed by atoms with Gasteiger partial charge >= 0.3 is 0 Å². The van der Waals surface area contributed by atoms with E-state index in [2.05, 4.69) is 11.4 Å². The molecule has 0 aliphatic carbocycles. The van der Waals surface area contributed by atoms with Crippen LogP contribution in [0.5, 0.6) is 11.5 Å². The highest BCUT2D eigenvalue weighted by Gasteiger charge is 2.09. The quantitative estimate of drug-likeness (QED) is 0.537. The molecule has 3 aromatic rings. The average Bonchev–Trinajstić information content (AvgIpc) is 3.15. The molecule has 1 heterocycles. The van der Waals surface area contributed by atoms with Gasteiger partial charge in [-0.3, -0.25) is 0 Å². The number of nitrogens with one attached hydrogen (secondary N) is 1. The first-order chi connectivity index (χ1) is 13.1. The minimum atomic E-state index is 0.674. The number of ether oxygens (including phenoxy) is 2. The van der Waals surface area contributed by atoms with Gasteiger partial charge in [-0.2, -0.15) is 0 Å². The number of rotatable bonds is 8. The lowest BCUT2D eigenvalue weighted by Crippen LogP contribution is -2.16. The van der Waals surface area contributed by atoms with E-state index in [1.54, 1.807) is 14.2 Å². The fourth-order valence-electron chi connectivity index (χ4n) is 2.97. The zero-order valence-electron chi connectivity index (χ0n) is 15.8. The maximum atomic E-state index is 6.20. The Balaban J connectivity index is 1.54. The van der Waals surface area contributed by atoms with E-state index in [1.165, 1.54) is 5.56 Å². The molecule has 0 bridgehead atoms. The Bertz CT molecular complexity index is 904. The van der Waals surface area contributed by atoms with Crippen molar-refractivity contribution in [2.75, 3.05) is 20.8 Å². The monoisotopic (exact) mass is 385 g/mol. The van der Waals surface area contributed by atoms with E-state index < -0.39 is 0 Å². The number of furan rings is 1. The molecule has 3 rings (SSSR count). The van der Waals surface area contributed by atoms with Gasteiger partial charge < -0.3 is 19.2 Å². The third-order valence-electron chi connectivity index (χ3n) is 4.53. The van der Waals surface area contributed by atoms with Gasteiger partial charge in [0.25, 0.3) is 0 Å². The first kappa shape index (κ1) is 19.3. The first-order valence-corrected chi connectivity index (χ1v) is 9.26. The molecule has 4 nitrogen and oxygen atoms in total. The zero-order chi connectivity index (χ0) is 19.2. The molecule has 5 heteroatoms. The Morgan fingerprint density at radius 3 is 2.59 bits per heavy atom. The molecule has 0 aliphatic rings. The molecule has 0 radical (unpaired) electrons. The van der Waals surface area contributed by atoms with Gasteiger partial charge in [-0.05, 0) is 61.3 Å². The fraction of sp³-hybridized carbons (Fsp3) is 0.273. The maximum absolute atomic E-state index is 6.20. The van der Waals surface area contributed by atoms with E-state index in [0.29, 0.717) is 6.54 Å². The number of benzene rings is 2. The summed E-state index contributed by atoms with van der Waals surface area (Å²) in [6, 6.07) is 15.8. The van der Waals surface area contributed by atoms with Crippen molar-refractivity contribution in [1.29, 1.82) is 0 Å². The first-order valence-electron chi connectivity index (χ1n) is 8.88. The van der Waals surface area contributed by atoms with Gasteiger partial charge in [0.2, 0.25) is 0 Å². The predicted molar refractivity (Wildman–Crippen MR) is 109 cm³/mol. The molecular weight excluding hydrogens is 362 g/mol. The maximum Gasteiger partial charge on any atom is 0.160 e. The van der Waals surface area contributed by atoms with Crippen LogP contribution in [0.25, 0.3) is 11.3 Å². The summed E-state index contributed by atoms with van der Waals surface area (Å²) in [4.78, 5) is 0. The van der Waals surface area contributed by atoms with Gasteiger partial charge in [-0.15, -0.1) is 0 Å². The minimum absolute atomic E-state index is 0.674. The molecule has 1 N–H and O–H groups in total. The average molecular weight is 386 g/mol. The van der Waals surface area contributed by atoms with Gasteiger partial charge in [0.1, 0.15) is 11.5 Å². The van der Waals surface area contributed by atoms with E-state index in [1.807, 2.05) is 49.4 Å². The summed E-state index contributed by atoms with van der Waals surface area (Å²) < 4.78 is 16.6. The van der Waals surface area contributed by atoms with Crippen LogP contribution in [0.4, 0.5) is 0 Å². The highest BCUT2D eigenvalue weighted by atomic mass is 35.5. The fourth-order valence-corrected chi connectivity index (χ4v) is 3.15. The van der Waals surface area contributed by atoms with Crippen LogP contribution in [0.1, 0.15) is 16.9 Å². The van der Waals surface area contributed by atoms with Crippen LogP contribution in [-0.2, 0) is 13.0 Å². The molecule has 2 aromatic carbocycles. The number of halogens is 1. The zero-order valence-corrected chi connectivity index (χ0v) is 16.6. The van der Waals surface area contributed by atoms with Crippen LogP contribution < -0.4 is 14.8 Å². The second-order valence-corrected chi connectivity index (χ2v) is 6.70. The molecule has 0 aliphatic heterocycles. The van der Waals surface area contributed by atoms with Gasteiger partial charge in [0.15, 0.2) is 11.5 Å². The van der Waals surface area contributed by atoms with Gasteiger partial charge in [-0.1, -0.05) is 29.8 Å². The van der Waals surface area contributed by atoms with Crippen LogP contribution in [0.3, 0.4) is 0 Å². The molecule has 142 valence electrons. The van der Waals surface area contributed by atoms with E-state index in [9.17, 15) is 0 Å². The second-order valence-electron chi connectivity index (χ2n) is 6.29. The lowest BCUT2D eigenvalue weighted by Gasteiger charge is -2.10. The van der Waals surface area contributed by atoms with Crippen molar-refractivity contribution in [2.45, 2.75) is 19.9 Å². The molecule has 0 spiro atoms. The van der Waals surface area contributed by atoms with Crippen molar-refractivity contribution >= 4 is 11.6 Å². The summed E-state index contributed by atoms with van der Waals surface area (Å²) in [6.07, 6.45) is 0.890. The minimum Gasteiger partial charge on any atom is -0.493 e.